The summed E-state index contributed by atoms with van der Waals surface area (Å²) in [6.07, 6.45) is 0. The summed E-state index contributed by atoms with van der Waals surface area (Å²) < 4.78 is 49.1. The van der Waals surface area contributed by atoms with Crippen LogP contribution in [0.2, 0.25) is 0 Å². The molecule has 0 unspecified atom stereocenters. The zero-order valence-electron chi connectivity index (χ0n) is 12.9. The average Bonchev–Trinajstić information content (AvgIpc) is 2.37. The van der Waals surface area contributed by atoms with Crippen LogP contribution in [0.3, 0.4) is 0 Å². The Bertz CT molecular complexity index is 669. The summed E-state index contributed by atoms with van der Waals surface area (Å²) in [6.45, 7) is 7.55. The molecule has 0 atom stereocenters. The molecule has 7 heteroatoms. The van der Waals surface area contributed by atoms with E-state index in [-0.39, 0.29) is 28.4 Å². The van der Waals surface area contributed by atoms with Gasteiger partial charge in [0.05, 0.1) is 16.4 Å². The molecule has 1 aromatic rings. The lowest BCUT2D eigenvalue weighted by Crippen LogP contribution is -2.30. The maximum atomic E-state index is 12.1. The molecule has 0 heterocycles. The van der Waals surface area contributed by atoms with Crippen molar-refractivity contribution in [1.82, 2.24) is 4.72 Å². The van der Waals surface area contributed by atoms with Gasteiger partial charge in [0.25, 0.3) is 0 Å². The van der Waals surface area contributed by atoms with Gasteiger partial charge < -0.3 is 0 Å². The predicted octanol–water partition coefficient (Wildman–Crippen LogP) is 1.70. The minimum Gasteiger partial charge on any atom is -0.224 e. The first-order valence-corrected chi connectivity index (χ1v) is 10.1. The molecule has 1 N–H and O–H groups in total. The van der Waals surface area contributed by atoms with Crippen LogP contribution in [0.15, 0.2) is 29.2 Å². The fourth-order valence-electron chi connectivity index (χ4n) is 1.71. The summed E-state index contributed by atoms with van der Waals surface area (Å²) in [4.78, 5) is 0.214. The van der Waals surface area contributed by atoms with E-state index in [9.17, 15) is 16.8 Å². The van der Waals surface area contributed by atoms with Crippen LogP contribution in [0.25, 0.3) is 0 Å². The first-order chi connectivity index (χ1) is 9.48. The molecule has 0 aromatic heterocycles. The van der Waals surface area contributed by atoms with Crippen molar-refractivity contribution < 1.29 is 16.8 Å². The van der Waals surface area contributed by atoms with Crippen LogP contribution in [0.1, 0.15) is 33.3 Å². The third-order valence-electron chi connectivity index (χ3n) is 3.15. The summed E-state index contributed by atoms with van der Waals surface area (Å²) in [5.74, 6) is -0.311. The second-order valence-electron chi connectivity index (χ2n) is 5.89. The van der Waals surface area contributed by atoms with Gasteiger partial charge in [-0.3, -0.25) is 0 Å². The Morgan fingerprint density at radius 2 is 1.52 bits per heavy atom. The van der Waals surface area contributed by atoms with Gasteiger partial charge >= 0.3 is 0 Å². The molecule has 0 saturated heterocycles. The number of hydrogen-bond donors (Lipinski definition) is 1. The second-order valence-corrected chi connectivity index (χ2v) is 10.1. The van der Waals surface area contributed by atoms with Crippen molar-refractivity contribution >= 4 is 19.9 Å². The summed E-state index contributed by atoms with van der Waals surface area (Å²) in [6, 6.07) is 6.74. The van der Waals surface area contributed by atoms with Crippen LogP contribution in [-0.2, 0) is 25.3 Å². The largest absolute Gasteiger partial charge is 0.224 e. The molecule has 0 bridgehead atoms. The molecule has 0 radical (unpaired) electrons. The lowest BCUT2D eigenvalue weighted by atomic mass is 9.87. The molecule has 0 aliphatic rings. The Balaban J connectivity index is 2.80. The van der Waals surface area contributed by atoms with E-state index in [4.69, 9.17) is 0 Å². The van der Waals surface area contributed by atoms with Gasteiger partial charge in [-0.15, -0.1) is 0 Å². The first-order valence-electron chi connectivity index (χ1n) is 6.78. The Hall–Kier alpha value is -0.920. The number of benzene rings is 1. The van der Waals surface area contributed by atoms with Gasteiger partial charge in [-0.2, -0.15) is 0 Å². The smallest absolute Gasteiger partial charge is 0.211 e. The number of nitrogens with one attached hydrogen (secondary N) is 1. The average molecular weight is 333 g/mol. The zero-order chi connectivity index (χ0) is 16.3. The van der Waals surface area contributed by atoms with Gasteiger partial charge in [0.15, 0.2) is 9.84 Å². The van der Waals surface area contributed by atoms with Crippen LogP contribution in [0, 0.1) is 0 Å². The maximum Gasteiger partial charge on any atom is 0.211 e. The third kappa shape index (κ3) is 5.41. The summed E-state index contributed by atoms with van der Waals surface area (Å²) in [5, 5.41) is 0. The molecule has 0 amide bonds. The van der Waals surface area contributed by atoms with Crippen LogP contribution < -0.4 is 4.72 Å². The maximum absolute atomic E-state index is 12.1. The Labute approximate surface area is 127 Å². The highest BCUT2D eigenvalue weighted by atomic mass is 32.2. The molecule has 0 aliphatic heterocycles. The van der Waals surface area contributed by atoms with Crippen molar-refractivity contribution in [2.75, 3.05) is 18.1 Å². The van der Waals surface area contributed by atoms with Gasteiger partial charge in [-0.25, -0.2) is 21.6 Å². The normalized spacial score (nSPS) is 13.3. The van der Waals surface area contributed by atoms with Crippen LogP contribution >= 0.6 is 0 Å². The highest BCUT2D eigenvalue weighted by molar-refractivity contribution is 7.91. The number of sulfone groups is 1. The molecule has 0 fully saturated rings. The van der Waals surface area contributed by atoms with Gasteiger partial charge in [0, 0.05) is 6.54 Å². The number of rotatable bonds is 6. The highest BCUT2D eigenvalue weighted by Gasteiger charge is 2.18. The molecule has 120 valence electrons. The van der Waals surface area contributed by atoms with Crippen LogP contribution in [0.5, 0.6) is 0 Å². The molecule has 21 heavy (non-hydrogen) atoms. The van der Waals surface area contributed by atoms with Crippen molar-refractivity contribution in [3.8, 4) is 0 Å². The Morgan fingerprint density at radius 3 is 1.95 bits per heavy atom. The molecule has 1 aromatic carbocycles. The van der Waals surface area contributed by atoms with Gasteiger partial charge in [-0.05, 0) is 30.0 Å². The summed E-state index contributed by atoms with van der Waals surface area (Å²) in [7, 11) is -6.84. The van der Waals surface area contributed by atoms with E-state index in [0.717, 1.165) is 5.56 Å². The topological polar surface area (TPSA) is 80.3 Å². The highest BCUT2D eigenvalue weighted by Crippen LogP contribution is 2.23. The van der Waals surface area contributed by atoms with E-state index in [2.05, 4.69) is 25.5 Å². The predicted molar refractivity (Wildman–Crippen MR) is 84.7 cm³/mol. The molecule has 5 nitrogen and oxygen atoms in total. The van der Waals surface area contributed by atoms with Gasteiger partial charge in [0.1, 0.15) is 0 Å². The van der Waals surface area contributed by atoms with Crippen molar-refractivity contribution in [3.05, 3.63) is 29.8 Å². The van der Waals surface area contributed by atoms with E-state index in [1.165, 1.54) is 6.92 Å². The van der Waals surface area contributed by atoms with Gasteiger partial charge in [-0.1, -0.05) is 32.9 Å². The standard InChI is InChI=1S/C14H23NO4S2/c1-5-21(18,19)15-10-11-20(16,17)13-8-6-12(7-9-13)14(2,3)4/h6-9,15H,5,10-11H2,1-4H3. The number of sulfonamides is 1. The Morgan fingerprint density at radius 1 is 1.00 bits per heavy atom. The molecule has 0 saturated carbocycles. The van der Waals surface area contributed by atoms with E-state index in [0.29, 0.717) is 0 Å². The van der Waals surface area contributed by atoms with Crippen molar-refractivity contribution in [2.45, 2.75) is 38.0 Å². The number of hydrogen-bond acceptors (Lipinski definition) is 4. The third-order valence-corrected chi connectivity index (χ3v) is 6.29. The fraction of sp³-hybridized carbons (Fsp3) is 0.571. The van der Waals surface area contributed by atoms with Crippen molar-refractivity contribution in [2.24, 2.45) is 0 Å². The molecule has 0 spiro atoms. The summed E-state index contributed by atoms with van der Waals surface area (Å²) in [5.41, 5.74) is 1.01. The lowest BCUT2D eigenvalue weighted by Gasteiger charge is -2.19. The van der Waals surface area contributed by atoms with Gasteiger partial charge in [0.2, 0.25) is 10.0 Å². The minimum absolute atomic E-state index is 0.0426. The molecule has 0 aliphatic carbocycles. The quantitative estimate of drug-likeness (QED) is 0.859. The monoisotopic (exact) mass is 333 g/mol. The van der Waals surface area contributed by atoms with Crippen molar-refractivity contribution in [3.63, 3.8) is 0 Å². The van der Waals surface area contributed by atoms with Crippen molar-refractivity contribution in [1.29, 1.82) is 0 Å². The SMILES string of the molecule is CCS(=O)(=O)NCCS(=O)(=O)c1ccc(C(C)(C)C)cc1. The molecular weight excluding hydrogens is 310 g/mol. The van der Waals surface area contributed by atoms with Crippen LogP contribution in [-0.4, -0.2) is 34.9 Å². The first kappa shape index (κ1) is 18.1. The van der Waals surface area contributed by atoms with E-state index in [1.54, 1.807) is 24.3 Å². The van der Waals surface area contributed by atoms with E-state index >= 15 is 0 Å². The van der Waals surface area contributed by atoms with Crippen LogP contribution in [0.4, 0.5) is 0 Å². The second kappa shape index (κ2) is 6.46. The Kier molecular flexibility index (Phi) is 5.57. The summed E-state index contributed by atoms with van der Waals surface area (Å²) >= 11 is 0. The molecule has 1 rings (SSSR count). The fourth-order valence-corrected chi connectivity index (χ4v) is 3.62. The van der Waals surface area contributed by atoms with E-state index < -0.39 is 19.9 Å². The lowest BCUT2D eigenvalue weighted by molar-refractivity contribution is 0.580. The minimum atomic E-state index is -3.48. The van der Waals surface area contributed by atoms with E-state index in [1.807, 2.05) is 0 Å². The zero-order valence-corrected chi connectivity index (χ0v) is 14.5. The molecular formula is C14H23NO4S2.